The Morgan fingerprint density at radius 3 is 2.50 bits per heavy atom. The van der Waals surface area contributed by atoms with Gasteiger partial charge in [0.2, 0.25) is 5.91 Å². The molecule has 4 atom stereocenters. The standard InChI is InChI=1S/C25H30N2O5/c1-15-7-3-5-9-21(15)32-22-10-6-4-8-18(22)25(30)26-19(13-28)23-16(2)20(14-31-23)27-24(29)17-11-12-17/h3-10,16-17,19-20,23,28H,11-14H2,1-2H3,(H,26,30)(H,27,29)/t16-,19?,20+,23+/m1/s1. The monoisotopic (exact) mass is 438 g/mol. The number of para-hydroxylation sites is 2. The molecule has 7 nitrogen and oxygen atoms in total. The lowest BCUT2D eigenvalue weighted by Gasteiger charge is -2.27. The smallest absolute Gasteiger partial charge is 0.255 e. The van der Waals surface area contributed by atoms with Crippen molar-refractivity contribution in [2.24, 2.45) is 11.8 Å². The van der Waals surface area contributed by atoms with E-state index in [9.17, 15) is 14.7 Å². The molecular weight excluding hydrogens is 408 g/mol. The number of rotatable bonds is 8. The number of nitrogens with one attached hydrogen (secondary N) is 2. The van der Waals surface area contributed by atoms with Crippen LogP contribution in [0, 0.1) is 18.8 Å². The van der Waals surface area contributed by atoms with Gasteiger partial charge in [-0.15, -0.1) is 0 Å². The molecule has 4 rings (SSSR count). The molecule has 2 aromatic rings. The number of aryl methyl sites for hydroxylation is 1. The molecule has 0 spiro atoms. The second kappa shape index (κ2) is 9.71. The average molecular weight is 439 g/mol. The maximum Gasteiger partial charge on any atom is 0.255 e. The number of aliphatic hydroxyl groups is 1. The summed E-state index contributed by atoms with van der Waals surface area (Å²) in [6.07, 6.45) is 1.48. The fraction of sp³-hybridized carbons (Fsp3) is 0.440. The van der Waals surface area contributed by atoms with Gasteiger partial charge in [-0.1, -0.05) is 37.3 Å². The van der Waals surface area contributed by atoms with E-state index in [4.69, 9.17) is 9.47 Å². The zero-order chi connectivity index (χ0) is 22.7. The Labute approximate surface area is 188 Å². The molecule has 3 N–H and O–H groups in total. The summed E-state index contributed by atoms with van der Waals surface area (Å²) < 4.78 is 11.9. The average Bonchev–Trinajstić information content (AvgIpc) is 3.59. The van der Waals surface area contributed by atoms with Crippen LogP contribution in [0.2, 0.25) is 0 Å². The Hall–Kier alpha value is -2.90. The van der Waals surface area contributed by atoms with E-state index in [1.54, 1.807) is 18.2 Å². The third-order valence-corrected chi connectivity index (χ3v) is 6.25. The summed E-state index contributed by atoms with van der Waals surface area (Å²) in [5.41, 5.74) is 1.34. The number of benzene rings is 2. The van der Waals surface area contributed by atoms with Gasteiger partial charge in [0, 0.05) is 11.8 Å². The van der Waals surface area contributed by atoms with Gasteiger partial charge in [0.15, 0.2) is 0 Å². The summed E-state index contributed by atoms with van der Waals surface area (Å²) >= 11 is 0. The van der Waals surface area contributed by atoms with Crippen LogP contribution in [0.3, 0.4) is 0 Å². The number of carbonyl (C=O) groups is 2. The quantitative estimate of drug-likeness (QED) is 0.589. The normalized spacial score (nSPS) is 23.4. The van der Waals surface area contributed by atoms with E-state index in [1.165, 1.54) is 0 Å². The number of hydrogen-bond donors (Lipinski definition) is 3. The highest BCUT2D eigenvalue weighted by Crippen LogP contribution is 2.31. The molecule has 1 heterocycles. The number of ether oxygens (including phenoxy) is 2. The van der Waals surface area contributed by atoms with Crippen LogP contribution in [0.25, 0.3) is 0 Å². The first-order chi connectivity index (χ1) is 15.5. The number of carbonyl (C=O) groups excluding carboxylic acids is 2. The van der Waals surface area contributed by atoms with Crippen LogP contribution in [-0.4, -0.2) is 48.3 Å². The van der Waals surface area contributed by atoms with Crippen molar-refractivity contribution in [3.05, 3.63) is 59.7 Å². The first-order valence-corrected chi connectivity index (χ1v) is 11.1. The lowest BCUT2D eigenvalue weighted by molar-refractivity contribution is -0.123. The first-order valence-electron chi connectivity index (χ1n) is 11.1. The molecule has 1 unspecified atom stereocenters. The number of aliphatic hydroxyl groups excluding tert-OH is 1. The Kier molecular flexibility index (Phi) is 6.77. The Balaban J connectivity index is 1.43. The molecule has 2 fully saturated rings. The van der Waals surface area contributed by atoms with E-state index >= 15 is 0 Å². The van der Waals surface area contributed by atoms with Gasteiger partial charge in [0.05, 0.1) is 37.0 Å². The Morgan fingerprint density at radius 1 is 1.12 bits per heavy atom. The van der Waals surface area contributed by atoms with Crippen LogP contribution >= 0.6 is 0 Å². The molecule has 2 amide bonds. The van der Waals surface area contributed by atoms with Gasteiger partial charge in [-0.3, -0.25) is 9.59 Å². The van der Waals surface area contributed by atoms with E-state index in [0.29, 0.717) is 23.7 Å². The van der Waals surface area contributed by atoms with Gasteiger partial charge in [-0.25, -0.2) is 0 Å². The van der Waals surface area contributed by atoms with Crippen molar-refractivity contribution in [2.45, 2.75) is 44.9 Å². The van der Waals surface area contributed by atoms with E-state index in [0.717, 1.165) is 18.4 Å². The molecule has 1 saturated carbocycles. The van der Waals surface area contributed by atoms with Crippen LogP contribution in [0.1, 0.15) is 35.7 Å². The maximum absolute atomic E-state index is 13.1. The van der Waals surface area contributed by atoms with E-state index in [2.05, 4.69) is 10.6 Å². The summed E-state index contributed by atoms with van der Waals surface area (Å²) in [6.45, 7) is 4.01. The van der Waals surface area contributed by atoms with Gasteiger partial charge in [0.1, 0.15) is 11.5 Å². The van der Waals surface area contributed by atoms with Crippen LogP contribution in [0.4, 0.5) is 0 Å². The molecular formula is C25H30N2O5. The largest absolute Gasteiger partial charge is 0.456 e. The third kappa shape index (κ3) is 4.95. The van der Waals surface area contributed by atoms with Crippen LogP contribution in [0.15, 0.2) is 48.5 Å². The minimum atomic E-state index is -0.605. The fourth-order valence-corrected chi connectivity index (χ4v) is 4.06. The third-order valence-electron chi connectivity index (χ3n) is 6.25. The summed E-state index contributed by atoms with van der Waals surface area (Å²) in [4.78, 5) is 25.2. The molecule has 1 saturated heterocycles. The summed E-state index contributed by atoms with van der Waals surface area (Å²) in [6, 6.07) is 13.9. The summed E-state index contributed by atoms with van der Waals surface area (Å²) in [5, 5.41) is 15.9. The second-order valence-corrected chi connectivity index (χ2v) is 8.67. The Morgan fingerprint density at radius 2 is 1.81 bits per heavy atom. The highest BCUT2D eigenvalue weighted by molar-refractivity contribution is 5.97. The molecule has 2 aromatic carbocycles. The number of amides is 2. The highest BCUT2D eigenvalue weighted by atomic mass is 16.5. The van der Waals surface area contributed by atoms with Gasteiger partial charge in [-0.05, 0) is 43.5 Å². The van der Waals surface area contributed by atoms with Crippen molar-refractivity contribution in [1.82, 2.24) is 10.6 Å². The predicted octanol–water partition coefficient (Wildman–Crippen LogP) is 2.81. The zero-order valence-electron chi connectivity index (χ0n) is 18.4. The minimum absolute atomic E-state index is 0.0476. The van der Waals surface area contributed by atoms with Crippen LogP contribution in [0.5, 0.6) is 11.5 Å². The van der Waals surface area contributed by atoms with Crippen molar-refractivity contribution < 1.29 is 24.2 Å². The molecule has 0 bridgehead atoms. The first kappa shape index (κ1) is 22.3. The lowest BCUT2D eigenvalue weighted by Crippen LogP contribution is -2.50. The molecule has 0 radical (unpaired) electrons. The molecule has 2 aliphatic rings. The van der Waals surface area contributed by atoms with Gasteiger partial charge < -0.3 is 25.2 Å². The van der Waals surface area contributed by atoms with Crippen molar-refractivity contribution in [2.75, 3.05) is 13.2 Å². The molecule has 1 aliphatic heterocycles. The lowest BCUT2D eigenvalue weighted by atomic mass is 9.93. The topological polar surface area (TPSA) is 96.9 Å². The fourth-order valence-electron chi connectivity index (χ4n) is 4.06. The molecule has 32 heavy (non-hydrogen) atoms. The SMILES string of the molecule is Cc1ccccc1Oc1ccccc1C(=O)NC(CO)[C@H]1OC[C@H](NC(=O)C2CC2)[C@H]1C. The molecule has 1 aliphatic carbocycles. The molecule has 0 aromatic heterocycles. The Bertz CT molecular complexity index is 974. The van der Waals surface area contributed by atoms with Gasteiger partial charge in [0.25, 0.3) is 5.91 Å². The van der Waals surface area contributed by atoms with E-state index in [-0.39, 0.29) is 36.3 Å². The van der Waals surface area contributed by atoms with E-state index < -0.39 is 12.1 Å². The number of hydrogen-bond acceptors (Lipinski definition) is 5. The zero-order valence-corrected chi connectivity index (χ0v) is 18.4. The van der Waals surface area contributed by atoms with Crippen molar-refractivity contribution in [3.63, 3.8) is 0 Å². The molecule has 7 heteroatoms. The second-order valence-electron chi connectivity index (χ2n) is 8.67. The van der Waals surface area contributed by atoms with E-state index in [1.807, 2.05) is 44.2 Å². The highest BCUT2D eigenvalue weighted by Gasteiger charge is 2.41. The van der Waals surface area contributed by atoms with Crippen molar-refractivity contribution in [1.29, 1.82) is 0 Å². The minimum Gasteiger partial charge on any atom is -0.456 e. The summed E-state index contributed by atoms with van der Waals surface area (Å²) in [5.74, 6) is 0.903. The van der Waals surface area contributed by atoms with Crippen molar-refractivity contribution >= 4 is 11.8 Å². The predicted molar refractivity (Wildman–Crippen MR) is 120 cm³/mol. The van der Waals surface area contributed by atoms with Gasteiger partial charge >= 0.3 is 0 Å². The van der Waals surface area contributed by atoms with Gasteiger partial charge in [-0.2, -0.15) is 0 Å². The van der Waals surface area contributed by atoms with Crippen molar-refractivity contribution in [3.8, 4) is 11.5 Å². The van der Waals surface area contributed by atoms with Crippen LogP contribution in [-0.2, 0) is 9.53 Å². The van der Waals surface area contributed by atoms with Crippen LogP contribution < -0.4 is 15.4 Å². The summed E-state index contributed by atoms with van der Waals surface area (Å²) in [7, 11) is 0. The maximum atomic E-state index is 13.1. The molecule has 170 valence electrons.